The molecule has 0 radical (unpaired) electrons. The van der Waals surface area contributed by atoms with Crippen molar-refractivity contribution in [2.75, 3.05) is 36.3 Å². The fraction of sp³-hybridized carbons (Fsp3) is 0.238. The van der Waals surface area contributed by atoms with Gasteiger partial charge in [0.15, 0.2) is 28.6 Å². The van der Waals surface area contributed by atoms with Gasteiger partial charge in [-0.1, -0.05) is 220 Å². The molecule has 7 aromatic heterocycles. The van der Waals surface area contributed by atoms with E-state index in [1.807, 2.05) is 122 Å². The highest BCUT2D eigenvalue weighted by molar-refractivity contribution is 8.18. The van der Waals surface area contributed by atoms with Crippen molar-refractivity contribution in [2.45, 2.75) is 139 Å². The quantitative estimate of drug-likeness (QED) is 0.0341. The number of ketones is 1. The van der Waals surface area contributed by atoms with Crippen LogP contribution in [0.3, 0.4) is 0 Å². The Kier molecular flexibility index (Phi) is 31.9. The predicted octanol–water partition coefficient (Wildman–Crippen LogP) is 22.2. The van der Waals surface area contributed by atoms with Gasteiger partial charge in [-0.05, 0) is 234 Å². The third-order valence-electron chi connectivity index (χ3n) is 23.9. The number of methoxy groups -OCH3 is 1. The molecule has 5 aliphatic rings. The summed E-state index contributed by atoms with van der Waals surface area (Å²) in [7, 11) is -1.91. The molecule has 2 amide bonds. The summed E-state index contributed by atoms with van der Waals surface area (Å²) in [5, 5.41) is 53.2. The number of Topliss-reactive ketones (excluding diaryl/α,β-unsaturated/α-hetero) is 1. The standard InChI is InChI=1S/C24H29N5O2.C20H19ClN2O2.C18H13ClN4O3S2.C17H13NO2S.C13H9F3O3.C13H16N2S/c1-31-22-15-18(11-12-21(22)30)23(28-14-13-17-7-5-6-8-19(17)16-28)24-25-26-27-29(24)20-9-3-2-4-10-20;1-13-15(21)8-4-10-16(13)23-19(24)12-18(20(23)25)22-11-5-7-14-6-2-3-9-17(14)22;1-10-14(16(20)23-17(21-10)27-18(22-23)28(2,24)25)9-13-7-8-15(26-13)11-3-5-12(19)6-4-11;19-15-12-17(18-13-6-2-1-3-7-13)21-16(15)10-4-8-14-9-5-11-20-14;1-7-10(12(17)18)6-11(19-7)8-3-2-4-9(5-8)13(14,15)16;1-13(2,3)10-6-4-9(5-7-10)11-8-12(16)15-14-11/h5-8,11-12,15,20,23,30H,2-4,9-10,13-14,16H2,1H3;2-4,6,8-10,18H,5,7,11-12H2,1H3;3-9,20H,1H2,2H3;1-11H,12H2;2-6H,1H3,(H,17,18);4-8H,1-3H3,(H2,14,15,16)/b;;14-9-,20-16?;8-4+,16-10+,18-17?;;. The van der Waals surface area contributed by atoms with E-state index in [9.17, 15) is 45.9 Å². The fourth-order valence-corrected chi connectivity index (χ4v) is 19.8. The number of anilines is 2. The number of carboxylic acid groups (broad SMARTS) is 1. The number of carbonyl (C=O) groups excluding carboxylic acids is 3. The molecule has 2 atom stereocenters. The molecule has 5 N–H and O–H groups in total. The van der Waals surface area contributed by atoms with E-state index in [4.69, 9.17) is 63.9 Å². The number of hydrogen-bond acceptors (Lipinski definition) is 23. The van der Waals surface area contributed by atoms with Crippen molar-refractivity contribution in [3.8, 4) is 45.4 Å². The van der Waals surface area contributed by atoms with Gasteiger partial charge in [-0.25, -0.2) is 32.8 Å². The number of imide groups is 1. The van der Waals surface area contributed by atoms with E-state index in [1.54, 1.807) is 61.9 Å². The first-order chi connectivity index (χ1) is 67.1. The first kappa shape index (κ1) is 101. The molecule has 4 aliphatic heterocycles. The first-order valence-corrected chi connectivity index (χ1v) is 49.6. The SMILES string of the molecule is C=c1nc2sc(S(C)(=O)=O)nn2c(=N)/c1=C\c1ccc(-c2ccc(Cl)cc2)o1.CC(C)(C)c1ccc(-c2cc(=S)[nH][nH]2)cc1.COc1cc(C(c2nnnn2C2CCCCC2)N2CCc3ccccc3C2)ccc1O.Cc1c(Cl)cccc1N1C(=O)CC(N2CCCc3ccccc32)C1=O.Cc1oc(-c2cccc(C(F)(F)F)c2)cc1C(=O)O.O=C1CC(=Nc2ccccc2)S/C1=C/C=C/c1ccco1. The number of aryl methyl sites for hydroxylation is 2. The maximum absolute atomic E-state index is 13.1. The number of carbonyl (C=O) groups is 4. The second-order valence-electron chi connectivity index (χ2n) is 34.6. The van der Waals surface area contributed by atoms with Gasteiger partial charge >= 0.3 is 12.1 Å². The largest absolute Gasteiger partial charge is 0.504 e. The number of sulfone groups is 1. The van der Waals surface area contributed by atoms with Gasteiger partial charge in [0, 0.05) is 58.0 Å². The van der Waals surface area contributed by atoms with Crippen LogP contribution < -0.4 is 30.6 Å². The minimum absolute atomic E-state index is 0.0226. The number of ether oxygens (including phenoxy) is 1. The Bertz CT molecular complexity index is 7510. The number of phenolic OH excluding ortho intramolecular Hbond substituents is 1. The van der Waals surface area contributed by atoms with E-state index < -0.39 is 33.6 Å². The summed E-state index contributed by atoms with van der Waals surface area (Å²) in [5.74, 6) is 2.25. The van der Waals surface area contributed by atoms with E-state index in [0.717, 1.165) is 142 Å². The number of phenols is 1. The topological polar surface area (TPSA) is 343 Å². The van der Waals surface area contributed by atoms with Gasteiger partial charge in [0.05, 0.1) is 76.2 Å². The second-order valence-corrected chi connectivity index (χ2v) is 40.2. The van der Waals surface area contributed by atoms with Crippen molar-refractivity contribution in [3.63, 3.8) is 0 Å². The van der Waals surface area contributed by atoms with Gasteiger partial charge in [0.2, 0.25) is 25.0 Å². The maximum atomic E-state index is 13.1. The average molecular weight is 2010 g/mol. The lowest BCUT2D eigenvalue weighted by atomic mass is 9.86. The molecule has 1 aliphatic carbocycles. The van der Waals surface area contributed by atoms with Crippen molar-refractivity contribution in [3.05, 3.63) is 346 Å². The number of aromatic nitrogens is 9. The molecule has 35 heteroatoms. The number of furan rings is 3. The van der Waals surface area contributed by atoms with Gasteiger partial charge in [-0.3, -0.25) is 34.9 Å². The van der Waals surface area contributed by atoms with Crippen molar-refractivity contribution in [2.24, 2.45) is 4.99 Å². The molecule has 20 rings (SSSR count). The molecule has 720 valence electrons. The van der Waals surface area contributed by atoms with Gasteiger partial charge in [0.1, 0.15) is 45.0 Å². The Morgan fingerprint density at radius 1 is 0.750 bits per heavy atom. The molecular weight excluding hydrogens is 1910 g/mol. The second kappa shape index (κ2) is 44.5. The number of allylic oxidation sites excluding steroid dienone is 3. The number of thioether (sulfide) groups is 1. The molecule has 2 unspecified atom stereocenters. The number of H-pyrrole nitrogens is 2. The number of carboxylic acids is 1. The highest BCUT2D eigenvalue weighted by Gasteiger charge is 2.45. The molecule has 15 aromatic rings. The Balaban J connectivity index is 0.000000129. The smallest absolute Gasteiger partial charge is 0.416 e. The molecular formula is C105H99Cl2F3N14O12S4. The molecule has 0 spiro atoms. The number of benzene rings is 8. The minimum Gasteiger partial charge on any atom is -0.504 e. The number of amides is 2. The number of rotatable bonds is 16. The van der Waals surface area contributed by atoms with Crippen LogP contribution >= 0.6 is 58.5 Å². The number of hydrogen-bond donors (Lipinski definition) is 5. The van der Waals surface area contributed by atoms with Crippen LogP contribution in [0.1, 0.15) is 157 Å². The summed E-state index contributed by atoms with van der Waals surface area (Å²) in [5.41, 5.74) is 12.2. The first-order valence-electron chi connectivity index (χ1n) is 44.9. The van der Waals surface area contributed by atoms with Gasteiger partial charge in [-0.15, -0.1) is 10.2 Å². The van der Waals surface area contributed by atoms with Crippen LogP contribution in [0.5, 0.6) is 11.5 Å². The molecule has 8 aromatic carbocycles. The molecule has 1 saturated carbocycles. The van der Waals surface area contributed by atoms with Gasteiger partial charge in [0.25, 0.3) is 5.91 Å². The number of fused-ring (bicyclic) bond motifs is 3. The van der Waals surface area contributed by atoms with Crippen LogP contribution in [-0.4, -0.2) is 130 Å². The number of aromatic hydroxyl groups is 1. The summed E-state index contributed by atoms with van der Waals surface area (Å²) in [4.78, 5) is 64.2. The number of halogens is 5. The Morgan fingerprint density at radius 2 is 1.46 bits per heavy atom. The summed E-state index contributed by atoms with van der Waals surface area (Å²) >= 11 is 19.4. The Hall–Kier alpha value is -13.9. The zero-order chi connectivity index (χ0) is 99.3. The van der Waals surface area contributed by atoms with Gasteiger partial charge in [-0.2, -0.15) is 17.7 Å². The van der Waals surface area contributed by atoms with Crippen molar-refractivity contribution in [1.29, 1.82) is 5.41 Å². The molecule has 11 heterocycles. The zero-order valence-corrected chi connectivity index (χ0v) is 82.1. The summed E-state index contributed by atoms with van der Waals surface area (Å²) < 4.78 is 86.7. The van der Waals surface area contributed by atoms with Crippen molar-refractivity contribution < 1.29 is 69.0 Å². The minimum atomic E-state index is -4.45. The average Bonchev–Trinajstić information content (AvgIpc) is 1.62. The maximum Gasteiger partial charge on any atom is 0.416 e. The number of para-hydroxylation sites is 2. The summed E-state index contributed by atoms with van der Waals surface area (Å²) in [6.07, 6.45) is 14.9. The molecule has 140 heavy (non-hydrogen) atoms. The number of aromatic carboxylic acids is 1. The lowest BCUT2D eigenvalue weighted by Gasteiger charge is -2.36. The number of alkyl halides is 3. The van der Waals surface area contributed by atoms with Crippen LogP contribution in [0.4, 0.5) is 30.2 Å². The number of tetrazole rings is 1. The third kappa shape index (κ3) is 24.5. The summed E-state index contributed by atoms with van der Waals surface area (Å²) in [6.45, 7) is 16.3. The van der Waals surface area contributed by atoms with Crippen molar-refractivity contribution in [1.82, 2.24) is 49.9 Å². The number of nitrogens with zero attached hydrogens (tertiary/aromatic N) is 11. The highest BCUT2D eigenvalue weighted by atomic mass is 35.5. The van der Waals surface area contributed by atoms with Crippen LogP contribution in [0.2, 0.25) is 10.0 Å². The van der Waals surface area contributed by atoms with Gasteiger partial charge < -0.3 is 33.1 Å². The van der Waals surface area contributed by atoms with Crippen LogP contribution in [0.15, 0.2) is 270 Å². The predicted molar refractivity (Wildman–Crippen MR) is 541 cm³/mol. The zero-order valence-electron chi connectivity index (χ0n) is 77.3. The highest BCUT2D eigenvalue weighted by Crippen LogP contribution is 2.42. The van der Waals surface area contributed by atoms with E-state index in [0.29, 0.717) is 60.9 Å². The lowest BCUT2D eigenvalue weighted by Crippen LogP contribution is -2.44. The Labute approximate surface area is 828 Å². The number of aromatic amines is 2. The Morgan fingerprint density at radius 3 is 2.16 bits per heavy atom. The molecule has 2 saturated heterocycles. The van der Waals surface area contributed by atoms with E-state index in [-0.39, 0.29) is 78.7 Å². The van der Waals surface area contributed by atoms with E-state index in [1.165, 1.54) is 87.8 Å². The number of aliphatic imine (C=N–C) groups is 1. The van der Waals surface area contributed by atoms with E-state index >= 15 is 0 Å². The number of nitrogens with one attached hydrogen (secondary N) is 3. The monoisotopic (exact) mass is 2000 g/mol. The third-order valence-corrected chi connectivity index (χ3v) is 28.4. The molecule has 26 nitrogen and oxygen atoms in total. The summed E-state index contributed by atoms with van der Waals surface area (Å²) in [6, 6.07) is 67.9. The van der Waals surface area contributed by atoms with Crippen LogP contribution in [0, 0.1) is 23.9 Å². The lowest BCUT2D eigenvalue weighted by molar-refractivity contribution is -0.137. The molecule has 0 bridgehead atoms. The van der Waals surface area contributed by atoms with E-state index in [2.05, 4.69) is 137 Å². The van der Waals surface area contributed by atoms with Crippen LogP contribution in [-0.2, 0) is 55.2 Å². The fourth-order valence-electron chi connectivity index (χ4n) is 16.7. The molecule has 3 fully saturated rings. The normalized spacial score (nSPS) is 16.0. The van der Waals surface area contributed by atoms with Crippen molar-refractivity contribution >= 4 is 138 Å². The van der Waals surface area contributed by atoms with Crippen LogP contribution in [0.25, 0.3) is 57.6 Å².